The number of piperidine rings is 1. The highest BCUT2D eigenvalue weighted by molar-refractivity contribution is 5.93. The number of phenolic OH excluding ortho intramolecular Hbond substituents is 1. The summed E-state index contributed by atoms with van der Waals surface area (Å²) in [4.78, 5) is 6.89. The third-order valence-corrected chi connectivity index (χ3v) is 4.21. The molecule has 0 unspecified atom stereocenters. The topological polar surface area (TPSA) is 48.4 Å². The average Bonchev–Trinajstić information content (AvgIpc) is 2.53. The smallest absolute Gasteiger partial charge is 0.136 e. The molecule has 1 saturated heterocycles. The molecule has 21 heavy (non-hydrogen) atoms. The second-order valence-corrected chi connectivity index (χ2v) is 5.76. The lowest BCUT2D eigenvalue weighted by molar-refractivity contribution is 0.415. The SMILES string of the molecule is CCCNC1CCN(c2nccc3ccc(O)cc23)CC1. The normalized spacial score (nSPS) is 16.5. The Morgan fingerprint density at radius 3 is 2.86 bits per heavy atom. The summed E-state index contributed by atoms with van der Waals surface area (Å²) in [5.74, 6) is 1.30. The number of anilines is 1. The van der Waals surface area contributed by atoms with Crippen LogP contribution in [0.1, 0.15) is 26.2 Å². The standard InChI is InChI=1S/C17H23N3O/c1-2-8-18-14-6-10-20(11-7-14)17-16-12-15(21)4-3-13(16)5-9-19-17/h3-5,9,12,14,18,21H,2,6-8,10-11H2,1H3. The average molecular weight is 285 g/mol. The van der Waals surface area contributed by atoms with Crippen LogP contribution in [0.25, 0.3) is 10.8 Å². The van der Waals surface area contributed by atoms with E-state index in [0.717, 1.165) is 49.1 Å². The van der Waals surface area contributed by atoms with Crippen LogP contribution in [0.2, 0.25) is 0 Å². The van der Waals surface area contributed by atoms with Crippen LogP contribution in [0, 0.1) is 0 Å². The minimum Gasteiger partial charge on any atom is -0.508 e. The van der Waals surface area contributed by atoms with Gasteiger partial charge in [0, 0.05) is 30.7 Å². The summed E-state index contributed by atoms with van der Waals surface area (Å²) < 4.78 is 0. The van der Waals surface area contributed by atoms with Gasteiger partial charge < -0.3 is 15.3 Å². The molecule has 0 atom stereocenters. The second-order valence-electron chi connectivity index (χ2n) is 5.76. The summed E-state index contributed by atoms with van der Waals surface area (Å²) in [5.41, 5.74) is 0. The molecule has 0 amide bonds. The molecule has 0 radical (unpaired) electrons. The van der Waals surface area contributed by atoms with Gasteiger partial charge in [-0.15, -0.1) is 0 Å². The molecule has 112 valence electrons. The Hall–Kier alpha value is -1.81. The van der Waals surface area contributed by atoms with E-state index in [0.29, 0.717) is 11.8 Å². The fraction of sp³-hybridized carbons (Fsp3) is 0.471. The number of rotatable bonds is 4. The van der Waals surface area contributed by atoms with Gasteiger partial charge in [0.2, 0.25) is 0 Å². The molecule has 0 bridgehead atoms. The van der Waals surface area contributed by atoms with Crippen LogP contribution in [0.3, 0.4) is 0 Å². The fourth-order valence-corrected chi connectivity index (χ4v) is 3.04. The van der Waals surface area contributed by atoms with Gasteiger partial charge in [-0.25, -0.2) is 4.98 Å². The van der Waals surface area contributed by atoms with Crippen LogP contribution < -0.4 is 10.2 Å². The van der Waals surface area contributed by atoms with E-state index in [-0.39, 0.29) is 0 Å². The lowest BCUT2D eigenvalue weighted by atomic mass is 10.0. The molecule has 1 aromatic carbocycles. The molecule has 2 heterocycles. The van der Waals surface area contributed by atoms with Gasteiger partial charge in [-0.05, 0) is 49.4 Å². The molecule has 0 saturated carbocycles. The maximum absolute atomic E-state index is 9.74. The Morgan fingerprint density at radius 1 is 1.29 bits per heavy atom. The number of pyridine rings is 1. The van der Waals surface area contributed by atoms with E-state index >= 15 is 0 Å². The van der Waals surface area contributed by atoms with E-state index in [9.17, 15) is 5.11 Å². The Kier molecular flexibility index (Phi) is 4.25. The monoisotopic (exact) mass is 285 g/mol. The van der Waals surface area contributed by atoms with Gasteiger partial charge >= 0.3 is 0 Å². The number of hydrogen-bond acceptors (Lipinski definition) is 4. The number of aromatic nitrogens is 1. The first kappa shape index (κ1) is 14.1. The van der Waals surface area contributed by atoms with Gasteiger partial charge in [0.25, 0.3) is 0 Å². The van der Waals surface area contributed by atoms with Gasteiger partial charge in [-0.3, -0.25) is 0 Å². The Bertz CT molecular complexity index is 606. The molecule has 1 aliphatic heterocycles. The van der Waals surface area contributed by atoms with Crippen molar-refractivity contribution in [2.45, 2.75) is 32.2 Å². The first-order valence-corrected chi connectivity index (χ1v) is 7.84. The van der Waals surface area contributed by atoms with Crippen molar-refractivity contribution in [3.05, 3.63) is 30.5 Å². The number of phenols is 1. The molecule has 2 N–H and O–H groups in total. The predicted octanol–water partition coefficient (Wildman–Crippen LogP) is 2.91. The van der Waals surface area contributed by atoms with Crippen molar-refractivity contribution in [3.8, 4) is 5.75 Å². The molecule has 1 fully saturated rings. The molecule has 3 rings (SSSR count). The van der Waals surface area contributed by atoms with Crippen LogP contribution in [-0.2, 0) is 0 Å². The summed E-state index contributed by atoms with van der Waals surface area (Å²) in [6.07, 6.45) is 5.34. The summed E-state index contributed by atoms with van der Waals surface area (Å²) in [6.45, 7) is 5.34. The Balaban J connectivity index is 1.78. The number of benzene rings is 1. The van der Waals surface area contributed by atoms with E-state index in [1.54, 1.807) is 6.07 Å². The van der Waals surface area contributed by atoms with Crippen molar-refractivity contribution in [1.29, 1.82) is 0 Å². The fourth-order valence-electron chi connectivity index (χ4n) is 3.04. The number of fused-ring (bicyclic) bond motifs is 1. The van der Waals surface area contributed by atoms with Gasteiger partial charge in [-0.2, -0.15) is 0 Å². The van der Waals surface area contributed by atoms with E-state index in [1.807, 2.05) is 24.4 Å². The van der Waals surface area contributed by atoms with Crippen molar-refractivity contribution in [1.82, 2.24) is 10.3 Å². The lowest BCUT2D eigenvalue weighted by Gasteiger charge is -2.33. The summed E-state index contributed by atoms with van der Waals surface area (Å²) in [7, 11) is 0. The second kappa shape index (κ2) is 6.31. The highest BCUT2D eigenvalue weighted by Gasteiger charge is 2.20. The summed E-state index contributed by atoms with van der Waals surface area (Å²) in [5, 5.41) is 15.5. The van der Waals surface area contributed by atoms with Crippen molar-refractivity contribution < 1.29 is 5.11 Å². The summed E-state index contributed by atoms with van der Waals surface area (Å²) in [6, 6.07) is 8.12. The van der Waals surface area contributed by atoms with Crippen LogP contribution >= 0.6 is 0 Å². The number of aromatic hydroxyl groups is 1. The molecule has 4 heteroatoms. The highest BCUT2D eigenvalue weighted by atomic mass is 16.3. The molecule has 2 aromatic rings. The zero-order chi connectivity index (χ0) is 14.7. The largest absolute Gasteiger partial charge is 0.508 e. The van der Waals surface area contributed by atoms with E-state index in [4.69, 9.17) is 0 Å². The predicted molar refractivity (Wildman–Crippen MR) is 86.9 cm³/mol. The summed E-state index contributed by atoms with van der Waals surface area (Å²) >= 11 is 0. The first-order chi connectivity index (χ1) is 10.3. The van der Waals surface area contributed by atoms with Gasteiger partial charge in [0.1, 0.15) is 11.6 Å². The van der Waals surface area contributed by atoms with E-state index < -0.39 is 0 Å². The number of nitrogens with zero attached hydrogens (tertiary/aromatic N) is 2. The van der Waals surface area contributed by atoms with Crippen LogP contribution in [0.4, 0.5) is 5.82 Å². The van der Waals surface area contributed by atoms with Crippen molar-refractivity contribution >= 4 is 16.6 Å². The van der Waals surface area contributed by atoms with Crippen LogP contribution in [-0.4, -0.2) is 35.8 Å². The molecule has 0 aliphatic carbocycles. The minimum atomic E-state index is 0.302. The first-order valence-electron chi connectivity index (χ1n) is 7.84. The zero-order valence-electron chi connectivity index (χ0n) is 12.5. The van der Waals surface area contributed by atoms with E-state index in [2.05, 4.69) is 22.1 Å². The van der Waals surface area contributed by atoms with Gasteiger partial charge in [0.05, 0.1) is 0 Å². The van der Waals surface area contributed by atoms with Gasteiger partial charge in [0.15, 0.2) is 0 Å². The molecule has 4 nitrogen and oxygen atoms in total. The molecule has 0 spiro atoms. The van der Waals surface area contributed by atoms with E-state index in [1.165, 1.54) is 6.42 Å². The van der Waals surface area contributed by atoms with Crippen molar-refractivity contribution in [2.75, 3.05) is 24.5 Å². The van der Waals surface area contributed by atoms with Crippen LogP contribution in [0.15, 0.2) is 30.5 Å². The number of hydrogen-bond donors (Lipinski definition) is 2. The highest BCUT2D eigenvalue weighted by Crippen LogP contribution is 2.29. The van der Waals surface area contributed by atoms with Gasteiger partial charge in [-0.1, -0.05) is 13.0 Å². The van der Waals surface area contributed by atoms with Crippen LogP contribution in [0.5, 0.6) is 5.75 Å². The molecular weight excluding hydrogens is 262 g/mol. The molecular formula is C17H23N3O. The maximum atomic E-state index is 9.74. The van der Waals surface area contributed by atoms with Crippen molar-refractivity contribution in [3.63, 3.8) is 0 Å². The third-order valence-electron chi connectivity index (χ3n) is 4.21. The lowest BCUT2D eigenvalue weighted by Crippen LogP contribution is -2.43. The van der Waals surface area contributed by atoms with Crippen molar-refractivity contribution in [2.24, 2.45) is 0 Å². The number of nitrogens with one attached hydrogen (secondary N) is 1. The zero-order valence-corrected chi connectivity index (χ0v) is 12.5. The minimum absolute atomic E-state index is 0.302. The Labute approximate surface area is 125 Å². The maximum Gasteiger partial charge on any atom is 0.136 e. The Morgan fingerprint density at radius 2 is 2.10 bits per heavy atom. The quantitative estimate of drug-likeness (QED) is 0.907. The molecule has 1 aliphatic rings. The third kappa shape index (κ3) is 3.10. The molecule has 1 aromatic heterocycles.